The van der Waals surface area contributed by atoms with Crippen LogP contribution in [0, 0.1) is 0 Å². The van der Waals surface area contributed by atoms with E-state index in [1.54, 1.807) is 22.9 Å². The molecule has 0 spiro atoms. The van der Waals surface area contributed by atoms with Crippen molar-refractivity contribution in [1.29, 1.82) is 0 Å². The van der Waals surface area contributed by atoms with Gasteiger partial charge in [0, 0.05) is 11.9 Å². The van der Waals surface area contributed by atoms with Gasteiger partial charge in [0.05, 0.1) is 17.4 Å². The third-order valence-corrected chi connectivity index (χ3v) is 4.65. The molecule has 0 saturated carbocycles. The summed E-state index contributed by atoms with van der Waals surface area (Å²) >= 11 is 7.30. The summed E-state index contributed by atoms with van der Waals surface area (Å²) in [6.45, 7) is 1.33. The Morgan fingerprint density at radius 1 is 1.55 bits per heavy atom. The van der Waals surface area contributed by atoms with E-state index in [-0.39, 0.29) is 12.5 Å². The number of carboxylic acids is 1. The lowest BCUT2D eigenvalue weighted by atomic mass is 10.2. The lowest BCUT2D eigenvalue weighted by Crippen LogP contribution is -2.43. The van der Waals surface area contributed by atoms with Gasteiger partial charge >= 0.3 is 5.97 Å². The van der Waals surface area contributed by atoms with E-state index in [4.69, 9.17) is 16.7 Å². The number of halogens is 1. The fourth-order valence-corrected chi connectivity index (χ4v) is 3.49. The summed E-state index contributed by atoms with van der Waals surface area (Å²) in [6.07, 6.45) is 1.45. The second-order valence-corrected chi connectivity index (χ2v) is 6.72. The highest BCUT2D eigenvalue weighted by molar-refractivity contribution is 7.16. The van der Waals surface area contributed by atoms with Crippen molar-refractivity contribution in [2.75, 3.05) is 20.1 Å². The van der Waals surface area contributed by atoms with Crippen molar-refractivity contribution in [3.8, 4) is 0 Å². The molecule has 0 unspecified atom stereocenters. The van der Waals surface area contributed by atoms with Crippen LogP contribution in [0.1, 0.15) is 17.7 Å². The first-order valence-corrected chi connectivity index (χ1v) is 7.62. The largest absolute Gasteiger partial charge is 0.480 e. The van der Waals surface area contributed by atoms with Crippen LogP contribution in [0.3, 0.4) is 0 Å². The average molecular weight is 317 g/mol. The van der Waals surface area contributed by atoms with E-state index in [0.29, 0.717) is 23.8 Å². The Hall–Kier alpha value is -1.11. The molecule has 0 aliphatic carbocycles. The van der Waals surface area contributed by atoms with Gasteiger partial charge < -0.3 is 10.0 Å². The number of nitrogens with zero attached hydrogens (tertiary/aromatic N) is 2. The summed E-state index contributed by atoms with van der Waals surface area (Å²) in [7, 11) is 1.72. The predicted octanol–water partition coefficient (Wildman–Crippen LogP) is 1.91. The first-order valence-electron chi connectivity index (χ1n) is 6.42. The van der Waals surface area contributed by atoms with Crippen molar-refractivity contribution >= 4 is 34.8 Å². The second-order valence-electron chi connectivity index (χ2n) is 4.92. The molecule has 1 N–H and O–H groups in total. The third kappa shape index (κ3) is 3.71. The van der Waals surface area contributed by atoms with Gasteiger partial charge in [0.25, 0.3) is 0 Å². The van der Waals surface area contributed by atoms with Crippen LogP contribution in [0.4, 0.5) is 0 Å². The number of carbonyl (C=O) groups is 2. The van der Waals surface area contributed by atoms with Crippen molar-refractivity contribution in [3.05, 3.63) is 21.3 Å². The van der Waals surface area contributed by atoms with Gasteiger partial charge in [-0.25, -0.2) is 0 Å². The monoisotopic (exact) mass is 316 g/mol. The van der Waals surface area contributed by atoms with Crippen molar-refractivity contribution in [3.63, 3.8) is 0 Å². The summed E-state index contributed by atoms with van der Waals surface area (Å²) in [5.41, 5.74) is 0. The molecule has 1 fully saturated rings. The Morgan fingerprint density at radius 3 is 2.90 bits per heavy atom. The molecular weight excluding hydrogens is 300 g/mol. The molecule has 1 aliphatic heterocycles. The zero-order valence-electron chi connectivity index (χ0n) is 11.2. The number of likely N-dealkylation sites (N-methyl/N-ethyl adjacent to an activating group) is 1. The zero-order valence-corrected chi connectivity index (χ0v) is 12.8. The van der Waals surface area contributed by atoms with Gasteiger partial charge in [-0.2, -0.15) is 0 Å². The van der Waals surface area contributed by atoms with Gasteiger partial charge in [-0.05, 0) is 31.5 Å². The fraction of sp³-hybridized carbons (Fsp3) is 0.538. The zero-order chi connectivity index (χ0) is 14.7. The second kappa shape index (κ2) is 6.56. The molecule has 1 atom stereocenters. The summed E-state index contributed by atoms with van der Waals surface area (Å²) in [6, 6.07) is 3.18. The molecular formula is C13H17ClN2O3S. The molecule has 1 amide bonds. The van der Waals surface area contributed by atoms with Crippen LogP contribution in [0.15, 0.2) is 12.1 Å². The Bertz CT molecular complexity index is 506. The van der Waals surface area contributed by atoms with Crippen LogP contribution in [-0.2, 0) is 16.1 Å². The van der Waals surface area contributed by atoms with E-state index in [9.17, 15) is 9.59 Å². The average Bonchev–Trinajstić information content (AvgIpc) is 2.98. The molecule has 1 saturated heterocycles. The van der Waals surface area contributed by atoms with E-state index >= 15 is 0 Å². The molecule has 0 aromatic carbocycles. The van der Waals surface area contributed by atoms with Crippen LogP contribution in [0.25, 0.3) is 0 Å². The highest BCUT2D eigenvalue weighted by Crippen LogP contribution is 2.23. The van der Waals surface area contributed by atoms with Gasteiger partial charge in [0.15, 0.2) is 0 Å². The number of amides is 1. The first-order chi connectivity index (χ1) is 9.47. The number of thiophene rings is 1. The number of hydrogen-bond acceptors (Lipinski definition) is 4. The SMILES string of the molecule is CN(Cc1ccc(Cl)s1)C(=O)CN1CCC[C@@H]1C(=O)O. The van der Waals surface area contributed by atoms with Gasteiger partial charge in [0.1, 0.15) is 6.04 Å². The number of likely N-dealkylation sites (tertiary alicyclic amines) is 1. The molecule has 5 nitrogen and oxygen atoms in total. The van der Waals surface area contributed by atoms with Crippen molar-refractivity contribution in [1.82, 2.24) is 9.80 Å². The highest BCUT2D eigenvalue weighted by atomic mass is 35.5. The molecule has 20 heavy (non-hydrogen) atoms. The van der Waals surface area contributed by atoms with E-state index in [1.807, 2.05) is 6.07 Å². The predicted molar refractivity (Wildman–Crippen MR) is 78.0 cm³/mol. The quantitative estimate of drug-likeness (QED) is 0.901. The third-order valence-electron chi connectivity index (χ3n) is 3.43. The molecule has 1 aromatic rings. The normalized spacial score (nSPS) is 19.2. The Morgan fingerprint density at radius 2 is 2.30 bits per heavy atom. The van der Waals surface area contributed by atoms with Crippen LogP contribution >= 0.6 is 22.9 Å². The first kappa shape index (κ1) is 15.3. The van der Waals surface area contributed by atoms with Crippen LogP contribution in [0.5, 0.6) is 0 Å². The van der Waals surface area contributed by atoms with Gasteiger partial charge in [-0.1, -0.05) is 11.6 Å². The molecule has 0 bridgehead atoms. The van der Waals surface area contributed by atoms with E-state index in [1.165, 1.54) is 11.3 Å². The van der Waals surface area contributed by atoms with Gasteiger partial charge in [0.2, 0.25) is 5.91 Å². The lowest BCUT2D eigenvalue weighted by molar-refractivity contribution is -0.143. The Kier molecular flexibility index (Phi) is 5.01. The number of aliphatic carboxylic acids is 1. The highest BCUT2D eigenvalue weighted by Gasteiger charge is 2.32. The molecule has 110 valence electrons. The minimum Gasteiger partial charge on any atom is -0.480 e. The lowest BCUT2D eigenvalue weighted by Gasteiger charge is -2.24. The summed E-state index contributed by atoms with van der Waals surface area (Å²) in [4.78, 5) is 27.6. The minimum absolute atomic E-state index is 0.0670. The van der Waals surface area contributed by atoms with E-state index in [2.05, 4.69) is 0 Å². The maximum atomic E-state index is 12.1. The van der Waals surface area contributed by atoms with Gasteiger partial charge in [-0.15, -0.1) is 11.3 Å². The number of hydrogen-bond donors (Lipinski definition) is 1. The van der Waals surface area contributed by atoms with E-state index in [0.717, 1.165) is 11.3 Å². The topological polar surface area (TPSA) is 60.9 Å². The molecule has 2 rings (SSSR count). The summed E-state index contributed by atoms with van der Waals surface area (Å²) in [5.74, 6) is -0.911. The Labute approximate surface area is 126 Å². The standard InChI is InChI=1S/C13H17ClN2O3S/c1-15(7-9-4-5-11(14)20-9)12(17)8-16-6-2-3-10(16)13(18)19/h4-5,10H,2-3,6-8H2,1H3,(H,18,19)/t10-/m1/s1. The number of carboxylic acid groups (broad SMARTS) is 1. The fourth-order valence-electron chi connectivity index (χ4n) is 2.35. The maximum absolute atomic E-state index is 12.1. The summed E-state index contributed by atoms with van der Waals surface area (Å²) < 4.78 is 0.700. The molecule has 1 aromatic heterocycles. The van der Waals surface area contributed by atoms with E-state index < -0.39 is 12.0 Å². The molecule has 2 heterocycles. The van der Waals surface area contributed by atoms with Gasteiger partial charge in [-0.3, -0.25) is 14.5 Å². The smallest absolute Gasteiger partial charge is 0.320 e. The van der Waals surface area contributed by atoms with Crippen molar-refractivity contribution < 1.29 is 14.7 Å². The number of carbonyl (C=O) groups excluding carboxylic acids is 1. The van der Waals surface area contributed by atoms with Crippen LogP contribution in [-0.4, -0.2) is 53.0 Å². The molecule has 1 aliphatic rings. The van der Waals surface area contributed by atoms with Crippen LogP contribution in [0.2, 0.25) is 4.34 Å². The Balaban J connectivity index is 1.89. The minimum atomic E-state index is -0.844. The summed E-state index contributed by atoms with van der Waals surface area (Å²) in [5, 5.41) is 9.09. The molecule has 0 radical (unpaired) electrons. The van der Waals surface area contributed by atoms with Crippen molar-refractivity contribution in [2.24, 2.45) is 0 Å². The van der Waals surface area contributed by atoms with Crippen molar-refractivity contribution in [2.45, 2.75) is 25.4 Å². The number of rotatable bonds is 5. The van der Waals surface area contributed by atoms with Crippen LogP contribution < -0.4 is 0 Å². The molecule has 7 heteroatoms. The maximum Gasteiger partial charge on any atom is 0.320 e.